The van der Waals surface area contributed by atoms with Crippen molar-refractivity contribution < 1.29 is 9.18 Å². The molecule has 2 aromatic rings. The summed E-state index contributed by atoms with van der Waals surface area (Å²) in [5.41, 5.74) is 0.550. The van der Waals surface area contributed by atoms with Crippen LogP contribution in [0.5, 0.6) is 0 Å². The van der Waals surface area contributed by atoms with Gasteiger partial charge in [0.05, 0.1) is 0 Å². The Balaban J connectivity index is 2.79. The predicted molar refractivity (Wildman–Crippen MR) is 54.9 cm³/mol. The average molecular weight is 259 g/mol. The summed E-state index contributed by atoms with van der Waals surface area (Å²) in [6, 6.07) is 4.89. The van der Waals surface area contributed by atoms with E-state index in [1.54, 1.807) is 12.1 Å². The van der Waals surface area contributed by atoms with Gasteiger partial charge in [0, 0.05) is 14.7 Å². The molecule has 13 heavy (non-hydrogen) atoms. The van der Waals surface area contributed by atoms with Gasteiger partial charge in [-0.3, -0.25) is 4.79 Å². The van der Waals surface area contributed by atoms with E-state index in [1.807, 2.05) is 0 Å². The Morgan fingerprint density at radius 2 is 2.15 bits per heavy atom. The van der Waals surface area contributed by atoms with Crippen LogP contribution in [-0.2, 0) is 0 Å². The first kappa shape index (κ1) is 8.84. The minimum Gasteiger partial charge on any atom is -0.298 e. The standard InChI is InChI=1S/C9H4BrFOS/c10-7-1-5-3-9(11)13-8(5)2-6(7)4-12/h1-4H. The molecule has 0 fully saturated rings. The van der Waals surface area contributed by atoms with Gasteiger partial charge in [0.2, 0.25) is 0 Å². The lowest BCUT2D eigenvalue weighted by Gasteiger charge is -1.95. The molecule has 0 saturated heterocycles. The Hall–Kier alpha value is -0.740. The van der Waals surface area contributed by atoms with Crippen molar-refractivity contribution in [3.63, 3.8) is 0 Å². The molecule has 4 heteroatoms. The number of halogens is 2. The molecule has 0 aliphatic carbocycles. The second kappa shape index (κ2) is 3.20. The number of thiophene rings is 1. The van der Waals surface area contributed by atoms with Crippen LogP contribution < -0.4 is 0 Å². The molecule has 1 aromatic heterocycles. The van der Waals surface area contributed by atoms with Gasteiger partial charge in [-0.15, -0.1) is 11.3 Å². The van der Waals surface area contributed by atoms with E-state index < -0.39 is 0 Å². The van der Waals surface area contributed by atoms with E-state index in [9.17, 15) is 9.18 Å². The zero-order chi connectivity index (χ0) is 9.42. The first-order valence-electron chi connectivity index (χ1n) is 3.54. The molecule has 66 valence electrons. The molecule has 0 aliphatic heterocycles. The molecule has 0 atom stereocenters. The van der Waals surface area contributed by atoms with Crippen LogP contribution in [0.25, 0.3) is 10.1 Å². The summed E-state index contributed by atoms with van der Waals surface area (Å²) < 4.78 is 14.3. The zero-order valence-electron chi connectivity index (χ0n) is 6.38. The highest BCUT2D eigenvalue weighted by Crippen LogP contribution is 2.29. The first-order chi connectivity index (χ1) is 6.20. The van der Waals surface area contributed by atoms with Crippen LogP contribution in [0.4, 0.5) is 4.39 Å². The summed E-state index contributed by atoms with van der Waals surface area (Å²) in [7, 11) is 0. The van der Waals surface area contributed by atoms with E-state index in [1.165, 1.54) is 6.07 Å². The van der Waals surface area contributed by atoms with Crippen LogP contribution >= 0.6 is 27.3 Å². The fourth-order valence-corrected chi connectivity index (χ4v) is 2.40. The van der Waals surface area contributed by atoms with E-state index in [-0.39, 0.29) is 5.13 Å². The van der Waals surface area contributed by atoms with Crippen LogP contribution in [0, 0.1) is 5.13 Å². The number of hydrogen-bond acceptors (Lipinski definition) is 2. The Bertz CT molecular complexity index is 478. The molecular formula is C9H4BrFOS. The van der Waals surface area contributed by atoms with E-state index in [2.05, 4.69) is 15.9 Å². The van der Waals surface area contributed by atoms with Gasteiger partial charge in [-0.1, -0.05) is 15.9 Å². The SMILES string of the molecule is O=Cc1cc2sc(F)cc2cc1Br. The number of fused-ring (bicyclic) bond motifs is 1. The summed E-state index contributed by atoms with van der Waals surface area (Å²) in [4.78, 5) is 10.6. The maximum Gasteiger partial charge on any atom is 0.177 e. The van der Waals surface area contributed by atoms with Crippen LogP contribution in [0.15, 0.2) is 22.7 Å². The van der Waals surface area contributed by atoms with Crippen molar-refractivity contribution in [2.24, 2.45) is 0 Å². The van der Waals surface area contributed by atoms with Crippen LogP contribution in [0.2, 0.25) is 0 Å². The third-order valence-electron chi connectivity index (χ3n) is 1.73. The van der Waals surface area contributed by atoms with Crippen molar-refractivity contribution >= 4 is 43.6 Å². The van der Waals surface area contributed by atoms with Gasteiger partial charge in [-0.25, -0.2) is 0 Å². The number of rotatable bonds is 1. The summed E-state index contributed by atoms with van der Waals surface area (Å²) in [6.07, 6.45) is 0.751. The van der Waals surface area contributed by atoms with Crippen molar-refractivity contribution in [1.82, 2.24) is 0 Å². The number of hydrogen-bond donors (Lipinski definition) is 0. The molecule has 0 aliphatic rings. The van der Waals surface area contributed by atoms with Gasteiger partial charge in [0.1, 0.15) is 0 Å². The fraction of sp³-hybridized carbons (Fsp3) is 0. The number of carbonyl (C=O) groups is 1. The van der Waals surface area contributed by atoms with Crippen molar-refractivity contribution in [2.45, 2.75) is 0 Å². The molecule has 1 nitrogen and oxygen atoms in total. The topological polar surface area (TPSA) is 17.1 Å². The van der Waals surface area contributed by atoms with Crippen molar-refractivity contribution in [1.29, 1.82) is 0 Å². The minimum atomic E-state index is -0.232. The smallest absolute Gasteiger partial charge is 0.177 e. The van der Waals surface area contributed by atoms with E-state index >= 15 is 0 Å². The van der Waals surface area contributed by atoms with Crippen LogP contribution in [0.3, 0.4) is 0 Å². The predicted octanol–water partition coefficient (Wildman–Crippen LogP) is 3.62. The third-order valence-corrected chi connectivity index (χ3v) is 3.31. The van der Waals surface area contributed by atoms with Gasteiger partial charge in [-0.2, -0.15) is 4.39 Å². The van der Waals surface area contributed by atoms with E-state index in [0.717, 1.165) is 27.7 Å². The molecule has 2 rings (SSSR count). The van der Waals surface area contributed by atoms with Crippen LogP contribution in [-0.4, -0.2) is 6.29 Å². The molecule has 0 spiro atoms. The molecule has 0 radical (unpaired) electrons. The summed E-state index contributed by atoms with van der Waals surface area (Å²) in [6.45, 7) is 0. The average Bonchev–Trinajstić information content (AvgIpc) is 2.42. The minimum absolute atomic E-state index is 0.232. The van der Waals surface area contributed by atoms with Gasteiger partial charge in [0.15, 0.2) is 11.4 Å². The first-order valence-corrected chi connectivity index (χ1v) is 5.15. The quantitative estimate of drug-likeness (QED) is 0.715. The van der Waals surface area contributed by atoms with Crippen molar-refractivity contribution in [2.75, 3.05) is 0 Å². The highest BCUT2D eigenvalue weighted by Gasteiger charge is 2.05. The van der Waals surface area contributed by atoms with Crippen molar-refractivity contribution in [3.05, 3.63) is 33.4 Å². The van der Waals surface area contributed by atoms with Gasteiger partial charge in [0.25, 0.3) is 0 Å². The molecule has 1 aromatic carbocycles. The van der Waals surface area contributed by atoms with Gasteiger partial charge >= 0.3 is 0 Å². The molecule has 0 amide bonds. The third kappa shape index (κ3) is 1.51. The normalized spacial score (nSPS) is 10.6. The Labute approximate surface area is 86.3 Å². The Morgan fingerprint density at radius 1 is 1.38 bits per heavy atom. The molecular weight excluding hydrogens is 255 g/mol. The molecule has 0 unspecified atom stereocenters. The van der Waals surface area contributed by atoms with E-state index in [4.69, 9.17) is 0 Å². The number of carbonyl (C=O) groups excluding carboxylic acids is 1. The molecule has 0 N–H and O–H groups in total. The largest absolute Gasteiger partial charge is 0.298 e. The second-order valence-electron chi connectivity index (χ2n) is 2.58. The van der Waals surface area contributed by atoms with Crippen LogP contribution in [0.1, 0.15) is 10.4 Å². The zero-order valence-corrected chi connectivity index (χ0v) is 8.78. The number of benzene rings is 1. The maximum atomic E-state index is 12.8. The molecule has 0 saturated carbocycles. The van der Waals surface area contributed by atoms with Crippen molar-refractivity contribution in [3.8, 4) is 0 Å². The maximum absolute atomic E-state index is 12.8. The fourth-order valence-electron chi connectivity index (χ4n) is 1.13. The molecule has 1 heterocycles. The summed E-state index contributed by atoms with van der Waals surface area (Å²) in [5, 5.41) is 0.588. The lowest BCUT2D eigenvalue weighted by atomic mass is 10.2. The Kier molecular flexibility index (Phi) is 2.17. The summed E-state index contributed by atoms with van der Waals surface area (Å²) in [5.74, 6) is 0. The Morgan fingerprint density at radius 3 is 2.85 bits per heavy atom. The second-order valence-corrected chi connectivity index (χ2v) is 4.47. The highest BCUT2D eigenvalue weighted by molar-refractivity contribution is 9.10. The van der Waals surface area contributed by atoms with Gasteiger partial charge < -0.3 is 0 Å². The lowest BCUT2D eigenvalue weighted by molar-refractivity contribution is 0.112. The monoisotopic (exact) mass is 258 g/mol. The van der Waals surface area contributed by atoms with Gasteiger partial charge in [-0.05, 0) is 23.6 Å². The molecule has 0 bridgehead atoms. The summed E-state index contributed by atoms with van der Waals surface area (Å²) >= 11 is 4.28. The van der Waals surface area contributed by atoms with E-state index in [0.29, 0.717) is 10.0 Å². The number of aldehydes is 1. The lowest BCUT2D eigenvalue weighted by Crippen LogP contribution is -1.79. The highest BCUT2D eigenvalue weighted by atomic mass is 79.9.